The molecule has 0 saturated carbocycles. The maximum absolute atomic E-state index is 11.7. The number of pyridine rings is 1. The van der Waals surface area contributed by atoms with Gasteiger partial charge >= 0.3 is 0 Å². The molecule has 1 aliphatic heterocycles. The van der Waals surface area contributed by atoms with Gasteiger partial charge in [-0.2, -0.15) is 0 Å². The molecule has 0 aromatic carbocycles. The molecular weight excluding hydrogens is 246 g/mol. The standard InChI is InChI=1S/C13H15N3OS/c1-8-2-3-14-10-6-9(18-12(8)10)7-11-13(17)16-5-4-15-11/h2-3,6,11,15H,4-5,7H2,1H3,(H,16,17). The van der Waals surface area contributed by atoms with Crippen LogP contribution < -0.4 is 10.6 Å². The fourth-order valence-electron chi connectivity index (χ4n) is 2.23. The van der Waals surface area contributed by atoms with E-state index in [0.717, 1.165) is 25.0 Å². The van der Waals surface area contributed by atoms with E-state index < -0.39 is 0 Å². The van der Waals surface area contributed by atoms with Crippen molar-refractivity contribution < 1.29 is 4.79 Å². The van der Waals surface area contributed by atoms with E-state index in [1.807, 2.05) is 12.3 Å². The molecule has 0 radical (unpaired) electrons. The van der Waals surface area contributed by atoms with E-state index in [0.29, 0.717) is 0 Å². The largest absolute Gasteiger partial charge is 0.353 e. The summed E-state index contributed by atoms with van der Waals surface area (Å²) < 4.78 is 1.23. The minimum absolute atomic E-state index is 0.100. The third kappa shape index (κ3) is 2.11. The Labute approximate surface area is 109 Å². The average Bonchev–Trinajstić information content (AvgIpc) is 2.76. The number of carbonyl (C=O) groups is 1. The number of aromatic nitrogens is 1. The summed E-state index contributed by atoms with van der Waals surface area (Å²) in [6.45, 7) is 3.66. The van der Waals surface area contributed by atoms with Crippen molar-refractivity contribution >= 4 is 27.5 Å². The molecule has 3 rings (SSSR count). The summed E-state index contributed by atoms with van der Waals surface area (Å²) in [6, 6.07) is 4.01. The van der Waals surface area contributed by atoms with Gasteiger partial charge in [-0.05, 0) is 24.6 Å². The van der Waals surface area contributed by atoms with Gasteiger partial charge in [-0.3, -0.25) is 9.78 Å². The van der Waals surface area contributed by atoms with Gasteiger partial charge in [-0.15, -0.1) is 11.3 Å². The van der Waals surface area contributed by atoms with Crippen molar-refractivity contribution in [3.05, 3.63) is 28.8 Å². The first kappa shape index (κ1) is 11.6. The Morgan fingerprint density at radius 3 is 3.17 bits per heavy atom. The third-order valence-electron chi connectivity index (χ3n) is 3.20. The summed E-state index contributed by atoms with van der Waals surface area (Å²) >= 11 is 1.74. The van der Waals surface area contributed by atoms with E-state index in [9.17, 15) is 4.79 Å². The number of thiophene rings is 1. The Balaban J connectivity index is 1.86. The van der Waals surface area contributed by atoms with Gasteiger partial charge in [0.1, 0.15) is 0 Å². The van der Waals surface area contributed by atoms with Crippen molar-refractivity contribution in [1.29, 1.82) is 0 Å². The molecule has 2 N–H and O–H groups in total. The molecule has 4 nitrogen and oxygen atoms in total. The molecule has 0 aliphatic carbocycles. The minimum atomic E-state index is -0.105. The molecule has 0 bridgehead atoms. The first-order chi connectivity index (χ1) is 8.74. The number of fused-ring (bicyclic) bond motifs is 1. The molecule has 1 amide bonds. The first-order valence-corrected chi connectivity index (χ1v) is 6.91. The number of carbonyl (C=O) groups excluding carboxylic acids is 1. The predicted molar refractivity (Wildman–Crippen MR) is 72.9 cm³/mol. The summed E-state index contributed by atoms with van der Waals surface area (Å²) in [5.41, 5.74) is 2.28. The average molecular weight is 261 g/mol. The highest BCUT2D eigenvalue weighted by Gasteiger charge is 2.22. The van der Waals surface area contributed by atoms with Gasteiger partial charge in [0.25, 0.3) is 0 Å². The van der Waals surface area contributed by atoms with E-state index in [1.165, 1.54) is 15.1 Å². The number of piperazine rings is 1. The highest BCUT2D eigenvalue weighted by molar-refractivity contribution is 7.19. The zero-order valence-corrected chi connectivity index (χ0v) is 11.0. The normalized spacial score (nSPS) is 20.1. The molecule has 1 saturated heterocycles. The number of nitrogens with one attached hydrogen (secondary N) is 2. The van der Waals surface area contributed by atoms with Crippen LogP contribution in [0.1, 0.15) is 10.4 Å². The quantitative estimate of drug-likeness (QED) is 0.855. The van der Waals surface area contributed by atoms with Crippen LogP contribution >= 0.6 is 11.3 Å². The first-order valence-electron chi connectivity index (χ1n) is 6.09. The van der Waals surface area contributed by atoms with Gasteiger partial charge in [0.05, 0.1) is 16.3 Å². The van der Waals surface area contributed by atoms with Crippen LogP contribution in [0.3, 0.4) is 0 Å². The summed E-state index contributed by atoms with van der Waals surface area (Å²) in [4.78, 5) is 17.3. The number of nitrogens with zero attached hydrogens (tertiary/aromatic N) is 1. The molecular formula is C13H15N3OS. The van der Waals surface area contributed by atoms with Gasteiger partial charge in [-0.25, -0.2) is 0 Å². The van der Waals surface area contributed by atoms with Crippen LogP contribution in [0.15, 0.2) is 18.3 Å². The lowest BCUT2D eigenvalue weighted by Crippen LogP contribution is -2.53. The monoisotopic (exact) mass is 261 g/mol. The van der Waals surface area contributed by atoms with Crippen LogP contribution in [0.25, 0.3) is 10.2 Å². The van der Waals surface area contributed by atoms with Gasteiger partial charge in [-0.1, -0.05) is 0 Å². The lowest BCUT2D eigenvalue weighted by atomic mass is 10.1. The van der Waals surface area contributed by atoms with Gasteiger partial charge < -0.3 is 10.6 Å². The Morgan fingerprint density at radius 1 is 1.50 bits per heavy atom. The molecule has 1 fully saturated rings. The number of amides is 1. The number of hydrogen-bond acceptors (Lipinski definition) is 4. The molecule has 94 valence electrons. The summed E-state index contributed by atoms with van der Waals surface area (Å²) in [7, 11) is 0. The van der Waals surface area contributed by atoms with Crippen molar-refractivity contribution in [1.82, 2.24) is 15.6 Å². The SMILES string of the molecule is Cc1ccnc2cc(CC3NCCNC3=O)sc12. The van der Waals surface area contributed by atoms with Crippen molar-refractivity contribution in [3.63, 3.8) is 0 Å². The lowest BCUT2D eigenvalue weighted by molar-refractivity contribution is -0.124. The second kappa shape index (κ2) is 4.66. The van der Waals surface area contributed by atoms with Crippen molar-refractivity contribution in [3.8, 4) is 0 Å². The topological polar surface area (TPSA) is 54.0 Å². The van der Waals surface area contributed by atoms with Crippen LogP contribution in [0.4, 0.5) is 0 Å². The predicted octanol–water partition coefficient (Wildman–Crippen LogP) is 1.24. The zero-order valence-electron chi connectivity index (χ0n) is 10.2. The molecule has 2 aromatic rings. The Bertz CT molecular complexity index is 593. The molecule has 18 heavy (non-hydrogen) atoms. The minimum Gasteiger partial charge on any atom is -0.353 e. The second-order valence-electron chi connectivity index (χ2n) is 4.56. The molecule has 1 atom stereocenters. The molecule has 1 unspecified atom stereocenters. The molecule has 5 heteroatoms. The van der Waals surface area contributed by atoms with Crippen LogP contribution in [0, 0.1) is 6.92 Å². The van der Waals surface area contributed by atoms with Crippen LogP contribution in [-0.2, 0) is 11.2 Å². The third-order valence-corrected chi connectivity index (χ3v) is 4.48. The van der Waals surface area contributed by atoms with Crippen molar-refractivity contribution in [2.75, 3.05) is 13.1 Å². The van der Waals surface area contributed by atoms with E-state index in [-0.39, 0.29) is 11.9 Å². The Morgan fingerprint density at radius 2 is 2.39 bits per heavy atom. The summed E-state index contributed by atoms with van der Waals surface area (Å²) in [5.74, 6) is 0.100. The number of hydrogen-bond donors (Lipinski definition) is 2. The maximum atomic E-state index is 11.7. The lowest BCUT2D eigenvalue weighted by Gasteiger charge is -2.22. The summed E-state index contributed by atoms with van der Waals surface area (Å²) in [5, 5.41) is 6.14. The fraction of sp³-hybridized carbons (Fsp3) is 0.385. The molecule has 3 heterocycles. The van der Waals surface area contributed by atoms with E-state index in [2.05, 4.69) is 28.6 Å². The Kier molecular flexibility index (Phi) is 3.01. The zero-order chi connectivity index (χ0) is 12.5. The van der Waals surface area contributed by atoms with E-state index in [1.54, 1.807) is 11.3 Å². The van der Waals surface area contributed by atoms with Crippen LogP contribution in [0.2, 0.25) is 0 Å². The van der Waals surface area contributed by atoms with Gasteiger partial charge in [0.15, 0.2) is 0 Å². The van der Waals surface area contributed by atoms with Crippen molar-refractivity contribution in [2.45, 2.75) is 19.4 Å². The number of rotatable bonds is 2. The highest BCUT2D eigenvalue weighted by atomic mass is 32.1. The maximum Gasteiger partial charge on any atom is 0.237 e. The van der Waals surface area contributed by atoms with Gasteiger partial charge in [0, 0.05) is 30.6 Å². The smallest absolute Gasteiger partial charge is 0.237 e. The van der Waals surface area contributed by atoms with E-state index in [4.69, 9.17) is 0 Å². The second-order valence-corrected chi connectivity index (χ2v) is 5.69. The molecule has 2 aromatic heterocycles. The molecule has 1 aliphatic rings. The fourth-order valence-corrected chi connectivity index (χ4v) is 3.36. The van der Waals surface area contributed by atoms with Crippen LogP contribution in [0.5, 0.6) is 0 Å². The van der Waals surface area contributed by atoms with Crippen molar-refractivity contribution in [2.24, 2.45) is 0 Å². The van der Waals surface area contributed by atoms with Crippen LogP contribution in [-0.4, -0.2) is 30.0 Å². The molecule has 0 spiro atoms. The van der Waals surface area contributed by atoms with E-state index >= 15 is 0 Å². The Hall–Kier alpha value is -1.46. The number of aryl methyl sites for hydroxylation is 1. The summed E-state index contributed by atoms with van der Waals surface area (Å²) in [6.07, 6.45) is 2.58. The van der Waals surface area contributed by atoms with Gasteiger partial charge in [0.2, 0.25) is 5.91 Å². The highest BCUT2D eigenvalue weighted by Crippen LogP contribution is 2.27.